The largest absolute Gasteiger partial charge is 0.495 e. The van der Waals surface area contributed by atoms with Gasteiger partial charge in [0, 0.05) is 17.2 Å². The molecule has 0 bridgehead atoms. The third kappa shape index (κ3) is 4.15. The number of halogens is 4. The zero-order chi connectivity index (χ0) is 22.1. The van der Waals surface area contributed by atoms with Gasteiger partial charge in [-0.1, -0.05) is 11.6 Å². The van der Waals surface area contributed by atoms with Crippen molar-refractivity contribution in [1.82, 2.24) is 20.0 Å². The second kappa shape index (κ2) is 8.19. The van der Waals surface area contributed by atoms with Crippen LogP contribution in [-0.2, 0) is 6.18 Å². The number of alkyl halides is 3. The Balaban J connectivity index is 2.03. The predicted molar refractivity (Wildman–Crippen MR) is 101 cm³/mol. The summed E-state index contributed by atoms with van der Waals surface area (Å²) in [7, 11) is 2.69. The summed E-state index contributed by atoms with van der Waals surface area (Å²) in [4.78, 5) is 12.7. The van der Waals surface area contributed by atoms with Crippen LogP contribution < -0.4 is 14.8 Å². The highest BCUT2D eigenvalue weighted by Crippen LogP contribution is 2.35. The number of hydrogen-bond acceptors (Lipinski definition) is 6. The van der Waals surface area contributed by atoms with Gasteiger partial charge in [0.25, 0.3) is 5.91 Å². The number of aryl methyl sites for hydroxylation is 1. The summed E-state index contributed by atoms with van der Waals surface area (Å²) < 4.78 is 51.8. The minimum Gasteiger partial charge on any atom is -0.495 e. The molecule has 0 aliphatic heterocycles. The van der Waals surface area contributed by atoms with Crippen molar-refractivity contribution in [3.8, 4) is 17.4 Å². The SMILES string of the molecule is COc1ccc(-n2ncc(C(=O)Nc3cc(C)c(Cl)cc3OC)c2C(F)(F)F)nn1. The van der Waals surface area contributed by atoms with E-state index in [0.29, 0.717) is 15.3 Å². The van der Waals surface area contributed by atoms with Crippen molar-refractivity contribution in [3.63, 3.8) is 0 Å². The van der Waals surface area contributed by atoms with E-state index in [1.54, 1.807) is 6.92 Å². The fourth-order valence-electron chi connectivity index (χ4n) is 2.62. The number of aromatic nitrogens is 4. The number of carbonyl (C=O) groups is 1. The molecular weight excluding hydrogens is 427 g/mol. The minimum absolute atomic E-state index is 0.114. The first-order valence-corrected chi connectivity index (χ1v) is 8.72. The number of hydrogen-bond donors (Lipinski definition) is 1. The molecule has 0 unspecified atom stereocenters. The van der Waals surface area contributed by atoms with E-state index >= 15 is 0 Å². The Kier molecular flexibility index (Phi) is 5.83. The van der Waals surface area contributed by atoms with Crippen molar-refractivity contribution >= 4 is 23.2 Å². The Bertz CT molecular complexity index is 1080. The third-order valence-corrected chi connectivity index (χ3v) is 4.47. The van der Waals surface area contributed by atoms with Gasteiger partial charge in [-0.05, 0) is 24.6 Å². The van der Waals surface area contributed by atoms with Gasteiger partial charge in [-0.3, -0.25) is 4.79 Å². The standard InChI is InChI=1S/C18H15ClF3N5O3/c1-9-6-12(13(29-2)7-11(9)19)24-17(28)10-8-23-27(16(10)18(20,21)22)14-4-5-15(30-3)26-25-14/h4-8H,1-3H3,(H,24,28). The van der Waals surface area contributed by atoms with Crippen molar-refractivity contribution in [2.75, 3.05) is 19.5 Å². The number of benzene rings is 1. The van der Waals surface area contributed by atoms with Crippen LogP contribution >= 0.6 is 11.6 Å². The Morgan fingerprint density at radius 1 is 1.17 bits per heavy atom. The molecule has 0 aliphatic rings. The van der Waals surface area contributed by atoms with E-state index in [-0.39, 0.29) is 23.1 Å². The number of amides is 1. The summed E-state index contributed by atoms with van der Waals surface area (Å²) in [6.07, 6.45) is -4.09. The maximum absolute atomic E-state index is 13.8. The topological polar surface area (TPSA) is 91.2 Å². The molecule has 0 aliphatic carbocycles. The molecule has 30 heavy (non-hydrogen) atoms. The summed E-state index contributed by atoms with van der Waals surface area (Å²) in [6.45, 7) is 1.68. The van der Waals surface area contributed by atoms with Gasteiger partial charge in [-0.25, -0.2) is 4.68 Å². The van der Waals surface area contributed by atoms with Gasteiger partial charge in [0.15, 0.2) is 11.5 Å². The Hall–Kier alpha value is -3.34. The lowest BCUT2D eigenvalue weighted by Crippen LogP contribution is -2.21. The fourth-order valence-corrected chi connectivity index (χ4v) is 2.77. The van der Waals surface area contributed by atoms with Gasteiger partial charge in [0.1, 0.15) is 5.75 Å². The number of ether oxygens (including phenoxy) is 2. The van der Waals surface area contributed by atoms with Crippen LogP contribution in [0.4, 0.5) is 18.9 Å². The number of carbonyl (C=O) groups excluding carboxylic acids is 1. The van der Waals surface area contributed by atoms with E-state index in [2.05, 4.69) is 20.6 Å². The summed E-state index contributed by atoms with van der Waals surface area (Å²) >= 11 is 6.02. The highest BCUT2D eigenvalue weighted by molar-refractivity contribution is 6.31. The van der Waals surface area contributed by atoms with Crippen LogP contribution in [0.1, 0.15) is 21.6 Å². The Morgan fingerprint density at radius 2 is 1.90 bits per heavy atom. The van der Waals surface area contributed by atoms with Crippen molar-refractivity contribution in [2.24, 2.45) is 0 Å². The van der Waals surface area contributed by atoms with Crippen LogP contribution in [0.5, 0.6) is 11.6 Å². The molecule has 0 fully saturated rings. The molecular formula is C18H15ClF3N5O3. The minimum atomic E-state index is -4.90. The van der Waals surface area contributed by atoms with Crippen molar-refractivity contribution in [2.45, 2.75) is 13.1 Å². The summed E-state index contributed by atoms with van der Waals surface area (Å²) in [5.41, 5.74) is -1.23. The molecule has 0 atom stereocenters. The summed E-state index contributed by atoms with van der Waals surface area (Å²) in [5.74, 6) is -0.958. The number of anilines is 1. The average molecular weight is 442 g/mol. The zero-order valence-corrected chi connectivity index (χ0v) is 16.7. The van der Waals surface area contributed by atoms with E-state index in [4.69, 9.17) is 21.1 Å². The average Bonchev–Trinajstić information content (AvgIpc) is 3.16. The van der Waals surface area contributed by atoms with Crippen LogP contribution in [0.15, 0.2) is 30.5 Å². The molecule has 3 rings (SSSR count). The highest BCUT2D eigenvalue weighted by Gasteiger charge is 2.41. The maximum atomic E-state index is 13.8. The van der Waals surface area contributed by atoms with Crippen molar-refractivity contribution in [1.29, 1.82) is 0 Å². The van der Waals surface area contributed by atoms with Crippen LogP contribution in [0.2, 0.25) is 5.02 Å². The monoisotopic (exact) mass is 441 g/mol. The lowest BCUT2D eigenvalue weighted by atomic mass is 10.1. The zero-order valence-electron chi connectivity index (χ0n) is 15.9. The maximum Gasteiger partial charge on any atom is 0.434 e. The Morgan fingerprint density at radius 3 is 2.47 bits per heavy atom. The molecule has 8 nitrogen and oxygen atoms in total. The van der Waals surface area contributed by atoms with Gasteiger partial charge in [-0.2, -0.15) is 18.3 Å². The van der Waals surface area contributed by atoms with Gasteiger partial charge < -0.3 is 14.8 Å². The molecule has 0 radical (unpaired) electrons. The summed E-state index contributed by atoms with van der Waals surface area (Å²) in [6, 6.07) is 5.51. The molecule has 1 amide bonds. The molecule has 0 spiro atoms. The third-order valence-electron chi connectivity index (χ3n) is 4.06. The lowest BCUT2D eigenvalue weighted by Gasteiger charge is -2.14. The van der Waals surface area contributed by atoms with Crippen LogP contribution in [0, 0.1) is 6.92 Å². The van der Waals surface area contributed by atoms with E-state index in [9.17, 15) is 18.0 Å². The molecule has 0 saturated heterocycles. The molecule has 0 saturated carbocycles. The van der Waals surface area contributed by atoms with Crippen molar-refractivity contribution < 1.29 is 27.4 Å². The van der Waals surface area contributed by atoms with E-state index in [1.165, 1.54) is 38.5 Å². The van der Waals surface area contributed by atoms with Gasteiger partial charge in [0.2, 0.25) is 5.88 Å². The van der Waals surface area contributed by atoms with Gasteiger partial charge >= 0.3 is 6.18 Å². The molecule has 12 heteroatoms. The molecule has 158 valence electrons. The fraction of sp³-hybridized carbons (Fsp3) is 0.222. The molecule has 1 N–H and O–H groups in total. The van der Waals surface area contributed by atoms with Crippen LogP contribution in [-0.4, -0.2) is 40.1 Å². The summed E-state index contributed by atoms with van der Waals surface area (Å²) in [5, 5.41) is 13.8. The first-order valence-electron chi connectivity index (χ1n) is 8.34. The molecule has 2 aromatic heterocycles. The van der Waals surface area contributed by atoms with E-state index in [1.807, 2.05) is 0 Å². The number of methoxy groups -OCH3 is 2. The van der Waals surface area contributed by atoms with E-state index < -0.39 is 23.3 Å². The van der Waals surface area contributed by atoms with E-state index in [0.717, 1.165) is 6.20 Å². The first-order chi connectivity index (χ1) is 14.2. The number of rotatable bonds is 5. The van der Waals surface area contributed by atoms with Gasteiger partial charge in [-0.15, -0.1) is 10.2 Å². The quantitative estimate of drug-likeness (QED) is 0.645. The second-order valence-electron chi connectivity index (χ2n) is 6.01. The lowest BCUT2D eigenvalue weighted by molar-refractivity contribution is -0.143. The normalized spacial score (nSPS) is 11.3. The van der Waals surface area contributed by atoms with Gasteiger partial charge in [0.05, 0.1) is 31.7 Å². The second-order valence-corrected chi connectivity index (χ2v) is 6.41. The number of nitrogens with zero attached hydrogens (tertiary/aromatic N) is 4. The molecule has 2 heterocycles. The molecule has 1 aromatic carbocycles. The highest BCUT2D eigenvalue weighted by atomic mass is 35.5. The van der Waals surface area contributed by atoms with Crippen LogP contribution in [0.25, 0.3) is 5.82 Å². The smallest absolute Gasteiger partial charge is 0.434 e. The number of nitrogens with one attached hydrogen (secondary N) is 1. The molecule has 3 aromatic rings. The van der Waals surface area contributed by atoms with Crippen molar-refractivity contribution in [3.05, 3.63) is 52.3 Å². The first kappa shape index (κ1) is 21.4. The van der Waals surface area contributed by atoms with Crippen LogP contribution in [0.3, 0.4) is 0 Å². The predicted octanol–water partition coefficient (Wildman–Crippen LogP) is 3.91. The Labute approximate surface area is 173 Å².